The smallest absolute Gasteiger partial charge is 0.258 e. The highest BCUT2D eigenvalue weighted by molar-refractivity contribution is 6.28. The van der Waals surface area contributed by atoms with Crippen LogP contribution in [0.4, 0.5) is 14.5 Å². The number of benzene rings is 1. The van der Waals surface area contributed by atoms with Crippen molar-refractivity contribution in [3.63, 3.8) is 0 Å². The second-order valence-corrected chi connectivity index (χ2v) is 4.03. The zero-order valence-corrected chi connectivity index (χ0v) is 10.3. The summed E-state index contributed by atoms with van der Waals surface area (Å²) in [6.45, 7) is 1.38. The van der Waals surface area contributed by atoms with Gasteiger partial charge in [0.05, 0.1) is 4.92 Å². The van der Waals surface area contributed by atoms with Gasteiger partial charge in [-0.25, -0.2) is 18.7 Å². The van der Waals surface area contributed by atoms with Crippen molar-refractivity contribution in [2.24, 2.45) is 0 Å². The topological polar surface area (TPSA) is 68.9 Å². The van der Waals surface area contributed by atoms with Gasteiger partial charge in [0, 0.05) is 5.56 Å². The Hall–Kier alpha value is -2.15. The number of aryl methyl sites for hydroxylation is 1. The van der Waals surface area contributed by atoms with Crippen molar-refractivity contribution in [1.29, 1.82) is 0 Å². The number of nitro groups is 1. The first-order valence-corrected chi connectivity index (χ1v) is 5.41. The van der Waals surface area contributed by atoms with E-state index in [-0.39, 0.29) is 22.1 Å². The molecule has 0 spiro atoms. The minimum atomic E-state index is -1.21. The molecule has 0 amide bonds. The molecule has 0 aliphatic carbocycles. The van der Waals surface area contributed by atoms with Gasteiger partial charge in [-0.1, -0.05) is 6.07 Å². The van der Waals surface area contributed by atoms with Gasteiger partial charge in [0.1, 0.15) is 6.20 Å². The summed E-state index contributed by atoms with van der Waals surface area (Å²) in [7, 11) is 0. The van der Waals surface area contributed by atoms with Crippen LogP contribution in [0.3, 0.4) is 0 Å². The van der Waals surface area contributed by atoms with Crippen molar-refractivity contribution < 1.29 is 13.7 Å². The number of rotatable bonds is 2. The number of hydrogen-bond donors (Lipinski definition) is 0. The van der Waals surface area contributed by atoms with E-state index in [1.807, 2.05) is 0 Å². The molecule has 0 saturated heterocycles. The van der Waals surface area contributed by atoms with Crippen LogP contribution >= 0.6 is 11.6 Å². The van der Waals surface area contributed by atoms with Crippen LogP contribution in [0.5, 0.6) is 0 Å². The first-order valence-electron chi connectivity index (χ1n) is 5.03. The average Bonchev–Trinajstić information content (AvgIpc) is 2.35. The fourth-order valence-electron chi connectivity index (χ4n) is 1.51. The van der Waals surface area contributed by atoms with Crippen LogP contribution < -0.4 is 0 Å². The molecule has 0 bridgehead atoms. The Labute approximate surface area is 111 Å². The van der Waals surface area contributed by atoms with E-state index in [1.165, 1.54) is 19.1 Å². The van der Waals surface area contributed by atoms with E-state index >= 15 is 0 Å². The molecule has 0 aliphatic heterocycles. The maximum absolute atomic E-state index is 13.8. The molecule has 2 aromatic rings. The molecule has 0 saturated carbocycles. The van der Waals surface area contributed by atoms with Gasteiger partial charge in [-0.05, 0) is 30.2 Å². The molecule has 19 heavy (non-hydrogen) atoms. The fourth-order valence-corrected chi connectivity index (χ4v) is 1.65. The second kappa shape index (κ2) is 4.85. The van der Waals surface area contributed by atoms with Gasteiger partial charge in [-0.15, -0.1) is 0 Å². The Morgan fingerprint density at radius 3 is 2.63 bits per heavy atom. The fraction of sp³-hybridized carbons (Fsp3) is 0.0909. The van der Waals surface area contributed by atoms with Crippen molar-refractivity contribution in [3.8, 4) is 11.3 Å². The maximum atomic E-state index is 13.8. The summed E-state index contributed by atoms with van der Waals surface area (Å²) in [6.07, 6.45) is 0.849. The Kier molecular flexibility index (Phi) is 3.39. The van der Waals surface area contributed by atoms with Crippen LogP contribution in [-0.2, 0) is 0 Å². The zero-order valence-electron chi connectivity index (χ0n) is 9.52. The van der Waals surface area contributed by atoms with Crippen LogP contribution in [0.15, 0.2) is 18.3 Å². The highest BCUT2D eigenvalue weighted by atomic mass is 35.5. The van der Waals surface area contributed by atoms with Crippen LogP contribution in [0.25, 0.3) is 11.3 Å². The molecule has 0 unspecified atom stereocenters. The third kappa shape index (κ3) is 2.37. The van der Waals surface area contributed by atoms with Crippen LogP contribution in [0.1, 0.15) is 5.56 Å². The number of hydrogen-bond acceptors (Lipinski definition) is 4. The van der Waals surface area contributed by atoms with Gasteiger partial charge in [-0.2, -0.15) is 0 Å². The minimum absolute atomic E-state index is 0.0871. The lowest BCUT2D eigenvalue weighted by Crippen LogP contribution is -2.00. The molecule has 8 heteroatoms. The third-order valence-corrected chi connectivity index (χ3v) is 2.65. The third-order valence-electron chi connectivity index (χ3n) is 2.47. The Morgan fingerprint density at radius 1 is 1.32 bits per heavy atom. The molecule has 0 atom stereocenters. The van der Waals surface area contributed by atoms with Crippen LogP contribution in [0, 0.1) is 28.7 Å². The predicted molar refractivity (Wildman–Crippen MR) is 63.8 cm³/mol. The van der Waals surface area contributed by atoms with Crippen molar-refractivity contribution in [1.82, 2.24) is 9.97 Å². The zero-order chi connectivity index (χ0) is 14.2. The first-order chi connectivity index (χ1) is 8.91. The Bertz CT molecular complexity index is 679. The summed E-state index contributed by atoms with van der Waals surface area (Å²) in [4.78, 5) is 17.1. The van der Waals surface area contributed by atoms with Gasteiger partial charge in [0.25, 0.3) is 0 Å². The van der Waals surface area contributed by atoms with Crippen molar-refractivity contribution in [2.45, 2.75) is 6.92 Å². The van der Waals surface area contributed by atoms with E-state index in [0.717, 1.165) is 6.20 Å². The quantitative estimate of drug-likeness (QED) is 0.482. The van der Waals surface area contributed by atoms with Crippen molar-refractivity contribution in [2.75, 3.05) is 0 Å². The minimum Gasteiger partial charge on any atom is -0.258 e. The summed E-state index contributed by atoms with van der Waals surface area (Å²) in [5, 5.41) is 10.5. The van der Waals surface area contributed by atoms with Gasteiger partial charge in [-0.3, -0.25) is 10.1 Å². The molecule has 0 N–H and O–H groups in total. The summed E-state index contributed by atoms with van der Waals surface area (Å²) in [6, 6.07) is 2.51. The highest BCUT2D eigenvalue weighted by Crippen LogP contribution is 2.31. The van der Waals surface area contributed by atoms with Gasteiger partial charge in [0.2, 0.25) is 5.28 Å². The summed E-state index contributed by atoms with van der Waals surface area (Å²) in [5.41, 5.74) is -1.16. The summed E-state index contributed by atoms with van der Waals surface area (Å²) < 4.78 is 27.3. The highest BCUT2D eigenvalue weighted by Gasteiger charge is 2.23. The number of nitrogens with zero attached hydrogens (tertiary/aromatic N) is 3. The maximum Gasteiger partial charge on any atom is 0.313 e. The van der Waals surface area contributed by atoms with Crippen molar-refractivity contribution >= 4 is 17.3 Å². The van der Waals surface area contributed by atoms with Crippen molar-refractivity contribution in [3.05, 3.63) is 50.9 Å². The van der Waals surface area contributed by atoms with E-state index in [4.69, 9.17) is 11.6 Å². The number of aromatic nitrogens is 2. The molecule has 1 aromatic carbocycles. The van der Waals surface area contributed by atoms with Gasteiger partial charge in [0.15, 0.2) is 17.3 Å². The molecule has 2 rings (SSSR count). The molecule has 0 radical (unpaired) electrons. The molecule has 0 fully saturated rings. The van der Waals surface area contributed by atoms with E-state index in [9.17, 15) is 18.9 Å². The van der Waals surface area contributed by atoms with E-state index in [0.29, 0.717) is 0 Å². The SMILES string of the molecule is Cc1ccc(-c2nc(Cl)ncc2[N+](=O)[O-])c(F)c1F. The molecular formula is C11H6ClF2N3O2. The molecule has 1 heterocycles. The lowest BCUT2D eigenvalue weighted by atomic mass is 10.1. The normalized spacial score (nSPS) is 10.5. The lowest BCUT2D eigenvalue weighted by molar-refractivity contribution is -0.384. The standard InChI is InChI=1S/C11H6ClF2N3O2/c1-5-2-3-6(9(14)8(5)13)10-7(17(18)19)4-15-11(12)16-10/h2-4H,1H3. The van der Waals surface area contributed by atoms with E-state index in [1.54, 1.807) is 0 Å². The number of halogens is 3. The van der Waals surface area contributed by atoms with E-state index < -0.39 is 22.2 Å². The van der Waals surface area contributed by atoms with Gasteiger partial charge < -0.3 is 0 Å². The largest absolute Gasteiger partial charge is 0.313 e. The van der Waals surface area contributed by atoms with Gasteiger partial charge >= 0.3 is 5.69 Å². The average molecular weight is 286 g/mol. The molecule has 98 valence electrons. The second-order valence-electron chi connectivity index (χ2n) is 3.69. The lowest BCUT2D eigenvalue weighted by Gasteiger charge is -2.06. The van der Waals surface area contributed by atoms with Crippen LogP contribution in [0.2, 0.25) is 5.28 Å². The summed E-state index contributed by atoms with van der Waals surface area (Å²) >= 11 is 5.53. The summed E-state index contributed by atoms with van der Waals surface area (Å²) in [5.74, 6) is -2.29. The Morgan fingerprint density at radius 2 is 2.00 bits per heavy atom. The predicted octanol–water partition coefficient (Wildman–Crippen LogP) is 3.29. The molecule has 1 aromatic heterocycles. The molecule has 0 aliphatic rings. The Balaban J connectivity index is 2.75. The van der Waals surface area contributed by atoms with E-state index in [2.05, 4.69) is 9.97 Å². The monoisotopic (exact) mass is 285 g/mol. The van der Waals surface area contributed by atoms with Crippen LogP contribution in [-0.4, -0.2) is 14.9 Å². The molecule has 5 nitrogen and oxygen atoms in total. The molecular weight excluding hydrogens is 280 g/mol. The first kappa shape index (κ1) is 13.3.